The first kappa shape index (κ1) is 15.3. The Bertz CT molecular complexity index is 506. The number of aliphatic hydroxyl groups excluding tert-OH is 1. The van der Waals surface area contributed by atoms with E-state index in [1.165, 1.54) is 4.68 Å². The van der Waals surface area contributed by atoms with Gasteiger partial charge in [-0.3, -0.25) is 4.79 Å². The van der Waals surface area contributed by atoms with Crippen molar-refractivity contribution >= 4 is 17.3 Å². The zero-order chi connectivity index (χ0) is 14.5. The Kier molecular flexibility index (Phi) is 5.39. The Morgan fingerprint density at radius 1 is 1.60 bits per heavy atom. The van der Waals surface area contributed by atoms with E-state index in [2.05, 4.69) is 10.4 Å². The van der Waals surface area contributed by atoms with Gasteiger partial charge in [-0.05, 0) is 12.8 Å². The zero-order valence-corrected chi connectivity index (χ0v) is 12.3. The minimum atomic E-state index is -0.327. The van der Waals surface area contributed by atoms with E-state index >= 15 is 0 Å². The van der Waals surface area contributed by atoms with Crippen molar-refractivity contribution in [3.05, 3.63) is 21.6 Å². The summed E-state index contributed by atoms with van der Waals surface area (Å²) in [6.45, 7) is 0.927. The number of anilines is 1. The highest BCUT2D eigenvalue weighted by molar-refractivity contribution is 6.32. The highest BCUT2D eigenvalue weighted by atomic mass is 35.5. The first-order valence-corrected chi connectivity index (χ1v) is 7.17. The van der Waals surface area contributed by atoms with E-state index in [-0.39, 0.29) is 29.1 Å². The Labute approximate surface area is 122 Å². The van der Waals surface area contributed by atoms with Gasteiger partial charge in [-0.25, -0.2) is 4.68 Å². The maximum absolute atomic E-state index is 12.0. The number of hydrogen-bond acceptors (Lipinski definition) is 5. The van der Waals surface area contributed by atoms with E-state index < -0.39 is 0 Å². The fourth-order valence-electron chi connectivity index (χ4n) is 2.55. The number of rotatable bonds is 6. The predicted octanol–water partition coefficient (Wildman–Crippen LogP) is 1.12. The number of nitrogens with zero attached hydrogens (tertiary/aromatic N) is 2. The van der Waals surface area contributed by atoms with Crippen molar-refractivity contribution in [1.82, 2.24) is 9.78 Å². The van der Waals surface area contributed by atoms with E-state index in [0.717, 1.165) is 19.3 Å². The number of aliphatic hydroxyl groups is 1. The predicted molar refractivity (Wildman–Crippen MR) is 77.2 cm³/mol. The molecule has 0 aliphatic heterocycles. The average Bonchev–Trinajstić information content (AvgIpc) is 2.90. The molecule has 0 radical (unpaired) electrons. The SMILES string of the molecule is COCCn1ncc(NC2CCCC2CO)c(Cl)c1=O. The smallest absolute Gasteiger partial charge is 0.287 e. The van der Waals surface area contributed by atoms with Gasteiger partial charge in [0.2, 0.25) is 0 Å². The van der Waals surface area contributed by atoms with Crippen LogP contribution in [0.15, 0.2) is 11.0 Å². The van der Waals surface area contributed by atoms with E-state index in [0.29, 0.717) is 18.8 Å². The molecule has 2 atom stereocenters. The third kappa shape index (κ3) is 3.31. The molecule has 0 amide bonds. The van der Waals surface area contributed by atoms with Crippen LogP contribution >= 0.6 is 11.6 Å². The van der Waals surface area contributed by atoms with Crippen molar-refractivity contribution in [2.24, 2.45) is 5.92 Å². The summed E-state index contributed by atoms with van der Waals surface area (Å²) < 4.78 is 6.21. The van der Waals surface area contributed by atoms with Crippen LogP contribution in [0.2, 0.25) is 5.02 Å². The normalized spacial score (nSPS) is 22.1. The summed E-state index contributed by atoms with van der Waals surface area (Å²) in [6.07, 6.45) is 4.59. The fourth-order valence-corrected chi connectivity index (χ4v) is 2.75. The Balaban J connectivity index is 2.13. The molecule has 1 heterocycles. The summed E-state index contributed by atoms with van der Waals surface area (Å²) in [7, 11) is 1.57. The van der Waals surface area contributed by atoms with Gasteiger partial charge in [0.1, 0.15) is 5.02 Å². The van der Waals surface area contributed by atoms with Crippen LogP contribution in [0.5, 0.6) is 0 Å². The maximum atomic E-state index is 12.0. The van der Waals surface area contributed by atoms with E-state index in [4.69, 9.17) is 16.3 Å². The van der Waals surface area contributed by atoms with Gasteiger partial charge in [0.15, 0.2) is 0 Å². The first-order chi connectivity index (χ1) is 9.67. The number of aromatic nitrogens is 2. The van der Waals surface area contributed by atoms with Gasteiger partial charge in [0, 0.05) is 25.7 Å². The van der Waals surface area contributed by atoms with Gasteiger partial charge in [-0.15, -0.1) is 0 Å². The minimum absolute atomic E-state index is 0.139. The molecular weight excluding hydrogens is 282 g/mol. The van der Waals surface area contributed by atoms with Crippen molar-refractivity contribution < 1.29 is 9.84 Å². The van der Waals surface area contributed by atoms with Crippen molar-refractivity contribution in [3.63, 3.8) is 0 Å². The molecule has 1 fully saturated rings. The summed E-state index contributed by atoms with van der Waals surface area (Å²) in [5.41, 5.74) is 0.211. The molecule has 0 spiro atoms. The lowest BCUT2D eigenvalue weighted by molar-refractivity contribution is 0.182. The molecule has 0 saturated heterocycles. The van der Waals surface area contributed by atoms with E-state index in [1.807, 2.05) is 0 Å². The third-order valence-corrected chi connectivity index (χ3v) is 4.09. The molecule has 0 aromatic carbocycles. The van der Waals surface area contributed by atoms with Gasteiger partial charge in [-0.2, -0.15) is 5.10 Å². The van der Waals surface area contributed by atoms with Crippen LogP contribution in [0.4, 0.5) is 5.69 Å². The van der Waals surface area contributed by atoms with Gasteiger partial charge in [0.05, 0.1) is 25.0 Å². The number of methoxy groups -OCH3 is 1. The van der Waals surface area contributed by atoms with Crippen LogP contribution in [-0.4, -0.2) is 41.3 Å². The van der Waals surface area contributed by atoms with Crippen molar-refractivity contribution in [2.75, 3.05) is 25.6 Å². The van der Waals surface area contributed by atoms with Crippen LogP contribution in [0, 0.1) is 5.92 Å². The van der Waals surface area contributed by atoms with Gasteiger partial charge in [-0.1, -0.05) is 18.0 Å². The second kappa shape index (κ2) is 7.06. The molecule has 112 valence electrons. The molecule has 0 bridgehead atoms. The van der Waals surface area contributed by atoms with Crippen molar-refractivity contribution in [2.45, 2.75) is 31.8 Å². The lowest BCUT2D eigenvalue weighted by Crippen LogP contribution is -2.30. The molecule has 6 nitrogen and oxygen atoms in total. The lowest BCUT2D eigenvalue weighted by atomic mass is 10.1. The second-order valence-electron chi connectivity index (χ2n) is 5.02. The number of ether oxygens (including phenoxy) is 1. The topological polar surface area (TPSA) is 76.4 Å². The number of halogens is 1. The highest BCUT2D eigenvalue weighted by Gasteiger charge is 2.27. The van der Waals surface area contributed by atoms with Gasteiger partial charge in [0.25, 0.3) is 5.56 Å². The summed E-state index contributed by atoms with van der Waals surface area (Å²) >= 11 is 6.11. The van der Waals surface area contributed by atoms with Gasteiger partial charge < -0.3 is 15.2 Å². The van der Waals surface area contributed by atoms with E-state index in [9.17, 15) is 9.90 Å². The molecule has 7 heteroatoms. The molecule has 1 aromatic heterocycles. The Morgan fingerprint density at radius 2 is 2.40 bits per heavy atom. The van der Waals surface area contributed by atoms with Crippen molar-refractivity contribution in [3.8, 4) is 0 Å². The quantitative estimate of drug-likeness (QED) is 0.823. The minimum Gasteiger partial charge on any atom is -0.396 e. The van der Waals surface area contributed by atoms with Crippen LogP contribution in [0.3, 0.4) is 0 Å². The fraction of sp³-hybridized carbons (Fsp3) is 0.692. The third-order valence-electron chi connectivity index (χ3n) is 3.73. The van der Waals surface area contributed by atoms with E-state index in [1.54, 1.807) is 13.3 Å². The molecule has 2 N–H and O–H groups in total. The number of nitrogens with one attached hydrogen (secondary N) is 1. The molecule has 20 heavy (non-hydrogen) atoms. The number of hydrogen-bond donors (Lipinski definition) is 2. The molecule has 2 rings (SSSR count). The lowest BCUT2D eigenvalue weighted by Gasteiger charge is -2.20. The molecule has 1 aliphatic rings. The zero-order valence-electron chi connectivity index (χ0n) is 11.5. The highest BCUT2D eigenvalue weighted by Crippen LogP contribution is 2.29. The first-order valence-electron chi connectivity index (χ1n) is 6.79. The summed E-state index contributed by atoms with van der Waals surface area (Å²) in [6, 6.07) is 0.147. The molecular formula is C13H20ClN3O3. The molecule has 1 saturated carbocycles. The largest absolute Gasteiger partial charge is 0.396 e. The monoisotopic (exact) mass is 301 g/mol. The van der Waals surface area contributed by atoms with Gasteiger partial charge >= 0.3 is 0 Å². The summed E-state index contributed by atoms with van der Waals surface area (Å²) in [4.78, 5) is 12.0. The summed E-state index contributed by atoms with van der Waals surface area (Å²) in [5, 5.41) is 16.8. The van der Waals surface area contributed by atoms with Crippen LogP contribution in [0.1, 0.15) is 19.3 Å². The van der Waals surface area contributed by atoms with Crippen LogP contribution in [0.25, 0.3) is 0 Å². The molecule has 1 aliphatic carbocycles. The van der Waals surface area contributed by atoms with Crippen molar-refractivity contribution in [1.29, 1.82) is 0 Å². The second-order valence-corrected chi connectivity index (χ2v) is 5.40. The Hall–Kier alpha value is -1.11. The average molecular weight is 302 g/mol. The molecule has 2 unspecified atom stereocenters. The maximum Gasteiger partial charge on any atom is 0.287 e. The summed E-state index contributed by atoms with van der Waals surface area (Å²) in [5.74, 6) is 0.210. The van der Waals surface area contributed by atoms with Crippen LogP contribution < -0.4 is 10.9 Å². The Morgan fingerprint density at radius 3 is 3.10 bits per heavy atom. The molecule has 1 aromatic rings. The van der Waals surface area contributed by atoms with Crippen LogP contribution in [-0.2, 0) is 11.3 Å². The standard InChI is InChI=1S/C13H20ClN3O3/c1-20-6-5-17-13(19)12(14)11(7-15-17)16-10-4-2-3-9(10)8-18/h7,9-10,16,18H,2-6,8H2,1H3.